The molecule has 7 heteroatoms. The van der Waals surface area contributed by atoms with Crippen LogP contribution in [-0.4, -0.2) is 35.8 Å². The number of ether oxygens (including phenoxy) is 1. The first-order chi connectivity index (χ1) is 11.0. The van der Waals surface area contributed by atoms with Crippen LogP contribution in [0.1, 0.15) is 23.7 Å². The molecule has 1 aliphatic rings. The van der Waals surface area contributed by atoms with E-state index >= 15 is 0 Å². The Kier molecular flexibility index (Phi) is 4.32. The normalized spacial score (nSPS) is 15.2. The second kappa shape index (κ2) is 6.25. The molecule has 2 aromatic rings. The number of hydrogen-bond donors (Lipinski definition) is 0. The maximum Gasteiger partial charge on any atom is 0.247 e. The van der Waals surface area contributed by atoms with Crippen molar-refractivity contribution in [2.45, 2.75) is 31.7 Å². The van der Waals surface area contributed by atoms with E-state index in [0.717, 1.165) is 16.8 Å². The Morgan fingerprint density at radius 1 is 1.35 bits per heavy atom. The van der Waals surface area contributed by atoms with Crippen LogP contribution >= 0.6 is 0 Å². The second-order valence-electron chi connectivity index (χ2n) is 5.47. The smallest absolute Gasteiger partial charge is 0.247 e. The van der Waals surface area contributed by atoms with Crippen molar-refractivity contribution in [2.75, 3.05) is 13.2 Å². The topological polar surface area (TPSA) is 72.4 Å². The Bertz CT molecular complexity index is 821. The molecule has 2 heterocycles. The molecule has 0 N–H and O–H groups in total. The molecule has 6 nitrogen and oxygen atoms in total. The van der Waals surface area contributed by atoms with E-state index in [2.05, 4.69) is 9.97 Å². The quantitative estimate of drug-likeness (QED) is 0.855. The van der Waals surface area contributed by atoms with Gasteiger partial charge in [0, 0.05) is 37.0 Å². The Hall–Kier alpha value is -1.99. The van der Waals surface area contributed by atoms with Crippen molar-refractivity contribution in [1.82, 2.24) is 14.3 Å². The van der Waals surface area contributed by atoms with Gasteiger partial charge in [-0.15, -0.1) is 0 Å². The van der Waals surface area contributed by atoms with E-state index in [9.17, 15) is 8.42 Å². The third-order valence-corrected chi connectivity index (χ3v) is 5.71. The molecule has 1 aromatic heterocycles. The summed E-state index contributed by atoms with van der Waals surface area (Å²) in [7, 11) is -3.63. The summed E-state index contributed by atoms with van der Waals surface area (Å²) in [6.07, 6.45) is 3.77. The predicted octanol–water partition coefficient (Wildman–Crippen LogP) is 1.93. The average molecular weight is 333 g/mol. The molecule has 23 heavy (non-hydrogen) atoms. The molecule has 0 bridgehead atoms. The first-order valence-corrected chi connectivity index (χ1v) is 8.97. The third kappa shape index (κ3) is 3.07. The molecule has 0 amide bonds. The van der Waals surface area contributed by atoms with Crippen LogP contribution < -0.4 is 4.74 Å². The summed E-state index contributed by atoms with van der Waals surface area (Å²) in [5.74, 6) is 0.396. The number of hydrogen-bond acceptors (Lipinski definition) is 5. The zero-order chi connectivity index (χ0) is 16.4. The van der Waals surface area contributed by atoms with Gasteiger partial charge in [-0.1, -0.05) is 6.07 Å². The lowest BCUT2D eigenvalue weighted by Gasteiger charge is -2.27. The van der Waals surface area contributed by atoms with Crippen molar-refractivity contribution >= 4 is 10.0 Å². The molecule has 0 radical (unpaired) electrons. The number of fused-ring (bicyclic) bond motifs is 1. The van der Waals surface area contributed by atoms with E-state index in [1.165, 1.54) is 10.6 Å². The lowest BCUT2D eigenvalue weighted by molar-refractivity contribution is 0.327. The largest absolute Gasteiger partial charge is 0.492 e. The van der Waals surface area contributed by atoms with Crippen LogP contribution in [0.2, 0.25) is 0 Å². The Morgan fingerprint density at radius 2 is 2.17 bits per heavy atom. The lowest BCUT2D eigenvalue weighted by atomic mass is 10.1. The van der Waals surface area contributed by atoms with Gasteiger partial charge in [-0.2, -0.15) is 4.31 Å². The molecule has 0 saturated heterocycles. The van der Waals surface area contributed by atoms with Crippen LogP contribution in [0.25, 0.3) is 0 Å². The number of nitrogens with zero attached hydrogens (tertiary/aromatic N) is 3. The van der Waals surface area contributed by atoms with Crippen LogP contribution in [0.4, 0.5) is 0 Å². The molecule has 122 valence electrons. The minimum absolute atomic E-state index is 0.222. The maximum absolute atomic E-state index is 13.1. The number of aromatic nitrogens is 2. The van der Waals surface area contributed by atoms with Crippen molar-refractivity contribution in [3.05, 3.63) is 47.5 Å². The SMILES string of the molecule is CCOc1ccc(C)cc1S(=O)(=O)N1CCc2ncncc2C1. The molecule has 0 atom stereocenters. The summed E-state index contributed by atoms with van der Waals surface area (Å²) in [4.78, 5) is 8.43. The monoisotopic (exact) mass is 333 g/mol. The molecule has 0 spiro atoms. The Morgan fingerprint density at radius 3 is 2.96 bits per heavy atom. The molecule has 0 aliphatic carbocycles. The van der Waals surface area contributed by atoms with Gasteiger partial charge in [-0.05, 0) is 31.5 Å². The highest BCUT2D eigenvalue weighted by atomic mass is 32.2. The van der Waals surface area contributed by atoms with Crippen molar-refractivity contribution in [3.63, 3.8) is 0 Å². The van der Waals surface area contributed by atoms with Crippen molar-refractivity contribution < 1.29 is 13.2 Å². The standard InChI is InChI=1S/C16H19N3O3S/c1-3-22-15-5-4-12(2)8-16(15)23(20,21)19-7-6-14-13(10-19)9-17-11-18-14/h4-5,8-9,11H,3,6-7,10H2,1-2H3. The fourth-order valence-corrected chi connectivity index (χ4v) is 4.31. The van der Waals surface area contributed by atoms with Gasteiger partial charge in [-0.25, -0.2) is 18.4 Å². The zero-order valence-corrected chi connectivity index (χ0v) is 14.0. The Balaban J connectivity index is 1.98. The van der Waals surface area contributed by atoms with Crippen LogP contribution in [0.15, 0.2) is 35.6 Å². The van der Waals surface area contributed by atoms with E-state index in [1.54, 1.807) is 18.3 Å². The minimum Gasteiger partial charge on any atom is -0.492 e. The predicted molar refractivity (Wildman–Crippen MR) is 85.7 cm³/mol. The highest BCUT2D eigenvalue weighted by molar-refractivity contribution is 7.89. The van der Waals surface area contributed by atoms with E-state index in [4.69, 9.17) is 4.74 Å². The fourth-order valence-electron chi connectivity index (χ4n) is 2.68. The average Bonchev–Trinajstić information content (AvgIpc) is 2.56. The molecular weight excluding hydrogens is 314 g/mol. The van der Waals surface area contributed by atoms with E-state index < -0.39 is 10.0 Å². The highest BCUT2D eigenvalue weighted by Crippen LogP contribution is 2.30. The van der Waals surface area contributed by atoms with Crippen molar-refractivity contribution in [1.29, 1.82) is 0 Å². The van der Waals surface area contributed by atoms with Gasteiger partial charge in [0.2, 0.25) is 10.0 Å². The third-order valence-electron chi connectivity index (χ3n) is 3.84. The van der Waals surface area contributed by atoms with Crippen LogP contribution in [0, 0.1) is 6.92 Å². The van der Waals surface area contributed by atoms with E-state index in [1.807, 2.05) is 19.9 Å². The highest BCUT2D eigenvalue weighted by Gasteiger charge is 2.31. The maximum atomic E-state index is 13.1. The molecular formula is C16H19N3O3S. The van der Waals surface area contributed by atoms with Gasteiger partial charge >= 0.3 is 0 Å². The summed E-state index contributed by atoms with van der Waals surface area (Å²) in [6, 6.07) is 5.23. The molecule has 1 aromatic carbocycles. The summed E-state index contributed by atoms with van der Waals surface area (Å²) in [6.45, 7) is 4.82. The van der Waals surface area contributed by atoms with Crippen molar-refractivity contribution in [3.8, 4) is 5.75 Å². The minimum atomic E-state index is -3.63. The van der Waals surface area contributed by atoms with Crippen LogP contribution in [0.3, 0.4) is 0 Å². The van der Waals surface area contributed by atoms with Gasteiger partial charge in [0.1, 0.15) is 17.0 Å². The summed E-state index contributed by atoms with van der Waals surface area (Å²) in [5, 5.41) is 0. The summed E-state index contributed by atoms with van der Waals surface area (Å²) >= 11 is 0. The first kappa shape index (κ1) is 15.9. The summed E-state index contributed by atoms with van der Waals surface area (Å²) < 4.78 is 33.1. The molecule has 0 fully saturated rings. The fraction of sp³-hybridized carbons (Fsp3) is 0.375. The summed E-state index contributed by atoms with van der Waals surface area (Å²) in [5.41, 5.74) is 2.65. The zero-order valence-electron chi connectivity index (χ0n) is 13.2. The van der Waals surface area contributed by atoms with Crippen LogP contribution in [0.5, 0.6) is 5.75 Å². The lowest BCUT2D eigenvalue weighted by Crippen LogP contribution is -2.36. The molecule has 3 rings (SSSR count). The van der Waals surface area contributed by atoms with E-state index in [-0.39, 0.29) is 11.4 Å². The van der Waals surface area contributed by atoms with Gasteiger partial charge in [0.05, 0.1) is 6.61 Å². The van der Waals surface area contributed by atoms with Crippen LogP contribution in [-0.2, 0) is 23.0 Å². The number of aryl methyl sites for hydroxylation is 1. The second-order valence-corrected chi connectivity index (χ2v) is 7.37. The molecule has 0 saturated carbocycles. The molecule has 1 aliphatic heterocycles. The molecule has 0 unspecified atom stereocenters. The number of rotatable bonds is 4. The van der Waals surface area contributed by atoms with Gasteiger partial charge in [-0.3, -0.25) is 0 Å². The van der Waals surface area contributed by atoms with E-state index in [0.29, 0.717) is 25.3 Å². The number of sulfonamides is 1. The van der Waals surface area contributed by atoms with Gasteiger partial charge < -0.3 is 4.74 Å². The Labute approximate surface area is 136 Å². The van der Waals surface area contributed by atoms with Gasteiger partial charge in [0.15, 0.2) is 0 Å². The van der Waals surface area contributed by atoms with Gasteiger partial charge in [0.25, 0.3) is 0 Å². The number of benzene rings is 1. The van der Waals surface area contributed by atoms with Crippen molar-refractivity contribution in [2.24, 2.45) is 0 Å². The first-order valence-electron chi connectivity index (χ1n) is 7.53.